The van der Waals surface area contributed by atoms with Gasteiger partial charge in [0.1, 0.15) is 49.4 Å². The van der Waals surface area contributed by atoms with Gasteiger partial charge in [-0.05, 0) is 76.9 Å². The normalized spacial score (nSPS) is 10.5. The van der Waals surface area contributed by atoms with E-state index in [0.29, 0.717) is 23.0 Å². The first kappa shape index (κ1) is 43.8. The zero-order chi connectivity index (χ0) is 42.7. The predicted molar refractivity (Wildman–Crippen MR) is 218 cm³/mol. The Hall–Kier alpha value is -7.29. The van der Waals surface area contributed by atoms with Crippen LogP contribution >= 0.6 is 0 Å². The number of carbonyl (C=O) groups is 4. The number of hydrogen-bond donors (Lipinski definition) is 0. The van der Waals surface area contributed by atoms with Crippen LogP contribution in [0.1, 0.15) is 43.0 Å². The van der Waals surface area contributed by atoms with Crippen molar-refractivity contribution in [3.8, 4) is 23.0 Å². The van der Waals surface area contributed by atoms with Gasteiger partial charge >= 0.3 is 24.1 Å². The van der Waals surface area contributed by atoms with Crippen LogP contribution < -0.4 is 18.9 Å². The van der Waals surface area contributed by atoms with Gasteiger partial charge in [0.25, 0.3) is 0 Å². The van der Waals surface area contributed by atoms with Crippen LogP contribution in [0.15, 0.2) is 116 Å². The van der Waals surface area contributed by atoms with Crippen molar-refractivity contribution in [2.45, 2.75) is 26.2 Å². The lowest BCUT2D eigenvalue weighted by molar-refractivity contribution is 0.0341. The largest absolute Gasteiger partial charge is 0.497 e. The summed E-state index contributed by atoms with van der Waals surface area (Å²) >= 11 is 0. The number of carbonyl (C=O) groups excluding carboxylic acids is 4. The molecule has 1 aromatic heterocycles. The molecule has 5 aromatic rings. The van der Waals surface area contributed by atoms with Gasteiger partial charge in [0.2, 0.25) is 0 Å². The summed E-state index contributed by atoms with van der Waals surface area (Å²) in [5.74, 6) is 1.17. The van der Waals surface area contributed by atoms with E-state index in [2.05, 4.69) is 4.98 Å². The zero-order valence-corrected chi connectivity index (χ0v) is 33.9. The number of esters is 2. The van der Waals surface area contributed by atoms with Gasteiger partial charge < -0.3 is 37.9 Å². The minimum Gasteiger partial charge on any atom is -0.497 e. The molecule has 0 radical (unpaired) electrons. The molecule has 0 fully saturated rings. The van der Waals surface area contributed by atoms with Crippen molar-refractivity contribution in [2.75, 3.05) is 54.9 Å². The molecule has 0 unspecified atom stereocenters. The standard InChI is InChI=1S/C45H47N3O12/c1-53-38-13-5-32(6-14-38)28-47(29-33-7-15-39(54-2)16-8-33)44(51)59-23-21-57-42(49)36-25-37(27-46-26-36)43(50)58-22-24-60-45(52)48(30-34-9-17-40(55-3)18-10-34)31-35-11-19-41(56-4)20-12-35/h5-20,25-27H,21-24,28-31H2,1-4H3. The summed E-state index contributed by atoms with van der Waals surface area (Å²) in [6.07, 6.45) is 1.24. The van der Waals surface area contributed by atoms with E-state index in [1.165, 1.54) is 28.3 Å². The predicted octanol–water partition coefficient (Wildman–Crippen LogP) is 7.11. The fourth-order valence-electron chi connectivity index (χ4n) is 5.71. The molecule has 2 amide bonds. The van der Waals surface area contributed by atoms with Crippen LogP contribution in [0.25, 0.3) is 0 Å². The van der Waals surface area contributed by atoms with Crippen molar-refractivity contribution in [3.63, 3.8) is 0 Å². The highest BCUT2D eigenvalue weighted by Gasteiger charge is 2.20. The number of amides is 2. The second-order valence-corrected chi connectivity index (χ2v) is 13.1. The van der Waals surface area contributed by atoms with E-state index in [9.17, 15) is 19.2 Å². The molecule has 0 bridgehead atoms. The smallest absolute Gasteiger partial charge is 0.410 e. The monoisotopic (exact) mass is 821 g/mol. The van der Waals surface area contributed by atoms with E-state index in [0.717, 1.165) is 22.3 Å². The maximum atomic E-state index is 13.2. The lowest BCUT2D eigenvalue weighted by Gasteiger charge is -2.23. The number of pyridine rings is 1. The molecule has 0 aliphatic heterocycles. The van der Waals surface area contributed by atoms with Gasteiger partial charge in [-0.1, -0.05) is 48.5 Å². The molecule has 15 nitrogen and oxygen atoms in total. The zero-order valence-electron chi connectivity index (χ0n) is 33.9. The third-order valence-electron chi connectivity index (χ3n) is 8.94. The number of nitrogens with zero attached hydrogens (tertiary/aromatic N) is 3. The van der Waals surface area contributed by atoms with E-state index < -0.39 is 24.1 Å². The topological polar surface area (TPSA) is 161 Å². The summed E-state index contributed by atoms with van der Waals surface area (Å²) in [4.78, 5) is 59.1. The van der Waals surface area contributed by atoms with Crippen LogP contribution in [0, 0.1) is 0 Å². The summed E-state index contributed by atoms with van der Waals surface area (Å²) in [6, 6.07) is 30.5. The Bertz CT molecular complexity index is 1900. The average Bonchev–Trinajstić information content (AvgIpc) is 3.29. The first-order valence-electron chi connectivity index (χ1n) is 18.8. The first-order chi connectivity index (χ1) is 29.2. The van der Waals surface area contributed by atoms with Crippen LogP contribution in [0.5, 0.6) is 23.0 Å². The molecule has 0 spiro atoms. The van der Waals surface area contributed by atoms with Gasteiger partial charge in [0.15, 0.2) is 0 Å². The molecular weight excluding hydrogens is 775 g/mol. The maximum absolute atomic E-state index is 13.2. The molecule has 4 aromatic carbocycles. The van der Waals surface area contributed by atoms with Gasteiger partial charge in [-0.15, -0.1) is 0 Å². The molecule has 0 saturated heterocycles. The van der Waals surface area contributed by atoms with Gasteiger partial charge in [-0.25, -0.2) is 19.2 Å². The van der Waals surface area contributed by atoms with Gasteiger partial charge in [-0.2, -0.15) is 0 Å². The Morgan fingerprint density at radius 1 is 0.417 bits per heavy atom. The van der Waals surface area contributed by atoms with E-state index in [1.54, 1.807) is 77.0 Å². The summed E-state index contributed by atoms with van der Waals surface area (Å²) < 4.78 is 42.5. The van der Waals surface area contributed by atoms with Crippen molar-refractivity contribution in [1.29, 1.82) is 0 Å². The summed E-state index contributed by atoms with van der Waals surface area (Å²) in [5, 5.41) is 0. The molecule has 314 valence electrons. The van der Waals surface area contributed by atoms with Gasteiger partial charge in [-0.3, -0.25) is 14.8 Å². The van der Waals surface area contributed by atoms with Crippen molar-refractivity contribution < 1.29 is 57.1 Å². The number of ether oxygens (including phenoxy) is 8. The maximum Gasteiger partial charge on any atom is 0.410 e. The summed E-state index contributed by atoms with van der Waals surface area (Å²) in [6.45, 7) is 0.0432. The second-order valence-electron chi connectivity index (χ2n) is 13.1. The van der Waals surface area contributed by atoms with Crippen LogP contribution in [-0.4, -0.2) is 93.8 Å². The number of rotatable bonds is 20. The third-order valence-corrected chi connectivity index (χ3v) is 8.94. The van der Waals surface area contributed by atoms with Crippen molar-refractivity contribution in [3.05, 3.63) is 149 Å². The molecule has 0 aliphatic carbocycles. The summed E-state index contributed by atoms with van der Waals surface area (Å²) in [7, 11) is 6.30. The van der Waals surface area contributed by atoms with Gasteiger partial charge in [0, 0.05) is 38.6 Å². The fraction of sp³-hybridized carbons (Fsp3) is 0.267. The Balaban J connectivity index is 1.09. The second kappa shape index (κ2) is 22.6. The van der Waals surface area contributed by atoms with E-state index in [4.69, 9.17) is 37.9 Å². The lowest BCUT2D eigenvalue weighted by atomic mass is 10.1. The van der Waals surface area contributed by atoms with Crippen molar-refractivity contribution in [2.24, 2.45) is 0 Å². The van der Waals surface area contributed by atoms with Crippen LogP contribution in [0.4, 0.5) is 9.59 Å². The minimum absolute atomic E-state index is 0.0180. The number of benzene rings is 4. The van der Waals surface area contributed by atoms with Crippen LogP contribution in [0.3, 0.4) is 0 Å². The first-order valence-corrected chi connectivity index (χ1v) is 18.8. The average molecular weight is 822 g/mol. The minimum atomic E-state index is -0.788. The Morgan fingerprint density at radius 3 is 0.950 bits per heavy atom. The molecule has 0 N–H and O–H groups in total. The van der Waals surface area contributed by atoms with E-state index in [-0.39, 0.29) is 63.7 Å². The molecule has 5 rings (SSSR count). The Morgan fingerprint density at radius 2 is 0.683 bits per heavy atom. The Labute approximate surface area is 348 Å². The van der Waals surface area contributed by atoms with Crippen molar-refractivity contribution in [1.82, 2.24) is 14.8 Å². The quantitative estimate of drug-likeness (QED) is 0.0444. The fourth-order valence-corrected chi connectivity index (χ4v) is 5.71. The van der Waals surface area contributed by atoms with E-state index in [1.807, 2.05) is 48.5 Å². The van der Waals surface area contributed by atoms with Crippen LogP contribution in [0.2, 0.25) is 0 Å². The lowest BCUT2D eigenvalue weighted by Crippen LogP contribution is -2.31. The summed E-state index contributed by atoms with van der Waals surface area (Å²) in [5.41, 5.74) is 3.38. The molecule has 60 heavy (non-hydrogen) atoms. The molecule has 0 saturated carbocycles. The SMILES string of the molecule is COc1ccc(CN(Cc2ccc(OC)cc2)C(=O)OCCOC(=O)c2cncc(C(=O)OCCOC(=O)N(Cc3ccc(OC)cc3)Cc3ccc(OC)cc3)c2)cc1. The molecule has 15 heteroatoms. The molecular formula is C45H47N3O12. The van der Waals surface area contributed by atoms with Crippen LogP contribution in [-0.2, 0) is 45.1 Å². The highest BCUT2D eigenvalue weighted by atomic mass is 16.6. The third kappa shape index (κ3) is 13.4. The van der Waals surface area contributed by atoms with Gasteiger partial charge in [0.05, 0.1) is 39.6 Å². The number of aromatic nitrogens is 1. The molecule has 1 heterocycles. The number of methoxy groups -OCH3 is 4. The molecule has 0 aliphatic rings. The van der Waals surface area contributed by atoms with Crippen molar-refractivity contribution >= 4 is 24.1 Å². The Kier molecular flexibility index (Phi) is 16.5. The number of hydrogen-bond acceptors (Lipinski definition) is 13. The van der Waals surface area contributed by atoms with E-state index >= 15 is 0 Å². The molecule has 0 atom stereocenters. The highest BCUT2D eigenvalue weighted by molar-refractivity contribution is 5.94. The highest BCUT2D eigenvalue weighted by Crippen LogP contribution is 2.20.